The summed E-state index contributed by atoms with van der Waals surface area (Å²) in [5.74, 6) is 1.15. The molecule has 0 radical (unpaired) electrons. The third kappa shape index (κ3) is 1.50. The minimum absolute atomic E-state index is 0.102. The highest BCUT2D eigenvalue weighted by Crippen LogP contribution is 2.21. The summed E-state index contributed by atoms with van der Waals surface area (Å²) in [7, 11) is 0. The van der Waals surface area contributed by atoms with Crippen molar-refractivity contribution >= 4 is 0 Å². The van der Waals surface area contributed by atoms with E-state index in [1.165, 1.54) is 6.42 Å². The summed E-state index contributed by atoms with van der Waals surface area (Å²) in [6.07, 6.45) is 1.07. The van der Waals surface area contributed by atoms with E-state index in [2.05, 4.69) is 19.2 Å². The molecule has 0 aromatic rings. The summed E-state index contributed by atoms with van der Waals surface area (Å²) in [5, 5.41) is 12.6. The van der Waals surface area contributed by atoms with Crippen LogP contribution in [-0.2, 0) is 0 Å². The SMILES string of the molecule is CCC(C)C1CNCC1O. The molecular formula is C8H17NO. The van der Waals surface area contributed by atoms with Crippen LogP contribution in [0.15, 0.2) is 0 Å². The Morgan fingerprint density at radius 2 is 2.30 bits per heavy atom. The average Bonchev–Trinajstić information content (AvgIpc) is 2.34. The van der Waals surface area contributed by atoms with Crippen molar-refractivity contribution in [2.24, 2.45) is 11.8 Å². The van der Waals surface area contributed by atoms with Gasteiger partial charge in [-0.15, -0.1) is 0 Å². The molecule has 1 saturated heterocycles. The molecule has 0 bridgehead atoms. The van der Waals surface area contributed by atoms with Gasteiger partial charge in [0.15, 0.2) is 0 Å². The summed E-state index contributed by atoms with van der Waals surface area (Å²) in [4.78, 5) is 0. The molecule has 2 N–H and O–H groups in total. The Balaban J connectivity index is 2.38. The summed E-state index contributed by atoms with van der Waals surface area (Å²) in [5.41, 5.74) is 0. The third-order valence-corrected chi connectivity index (χ3v) is 2.60. The minimum atomic E-state index is -0.102. The zero-order valence-corrected chi connectivity index (χ0v) is 6.80. The Hall–Kier alpha value is -0.0800. The lowest BCUT2D eigenvalue weighted by molar-refractivity contribution is 0.117. The molecule has 10 heavy (non-hydrogen) atoms. The molecule has 0 aromatic carbocycles. The second kappa shape index (κ2) is 3.35. The van der Waals surface area contributed by atoms with Crippen molar-refractivity contribution < 1.29 is 5.11 Å². The lowest BCUT2D eigenvalue weighted by Gasteiger charge is -2.19. The first kappa shape index (κ1) is 8.02. The van der Waals surface area contributed by atoms with Crippen molar-refractivity contribution in [2.75, 3.05) is 13.1 Å². The van der Waals surface area contributed by atoms with Gasteiger partial charge in [0, 0.05) is 19.0 Å². The number of aliphatic hydroxyl groups excluding tert-OH is 1. The molecule has 0 saturated carbocycles. The van der Waals surface area contributed by atoms with Gasteiger partial charge < -0.3 is 10.4 Å². The van der Waals surface area contributed by atoms with E-state index in [4.69, 9.17) is 0 Å². The van der Waals surface area contributed by atoms with Crippen LogP contribution in [-0.4, -0.2) is 24.3 Å². The number of aliphatic hydroxyl groups is 1. The molecule has 1 heterocycles. The van der Waals surface area contributed by atoms with Crippen LogP contribution < -0.4 is 5.32 Å². The highest BCUT2D eigenvalue weighted by molar-refractivity contribution is 4.83. The lowest BCUT2D eigenvalue weighted by atomic mass is 9.89. The van der Waals surface area contributed by atoms with E-state index in [1.54, 1.807) is 0 Å². The molecule has 0 amide bonds. The van der Waals surface area contributed by atoms with E-state index in [9.17, 15) is 5.11 Å². The largest absolute Gasteiger partial charge is 0.391 e. The van der Waals surface area contributed by atoms with Crippen LogP contribution in [0, 0.1) is 11.8 Å². The Morgan fingerprint density at radius 1 is 1.60 bits per heavy atom. The highest BCUT2D eigenvalue weighted by atomic mass is 16.3. The number of β-amino-alcohol motifs (C(OH)–C–C–N with tert-alkyl or cyclic N) is 1. The van der Waals surface area contributed by atoms with Crippen LogP contribution >= 0.6 is 0 Å². The van der Waals surface area contributed by atoms with Gasteiger partial charge in [-0.1, -0.05) is 20.3 Å². The zero-order valence-electron chi connectivity index (χ0n) is 6.80. The molecule has 0 spiro atoms. The fourth-order valence-electron chi connectivity index (χ4n) is 1.57. The summed E-state index contributed by atoms with van der Waals surface area (Å²) in [6, 6.07) is 0. The summed E-state index contributed by atoms with van der Waals surface area (Å²) < 4.78 is 0. The smallest absolute Gasteiger partial charge is 0.0707 e. The zero-order chi connectivity index (χ0) is 7.56. The molecule has 2 nitrogen and oxygen atoms in total. The van der Waals surface area contributed by atoms with E-state index in [-0.39, 0.29) is 6.10 Å². The Kier molecular flexibility index (Phi) is 2.69. The quantitative estimate of drug-likeness (QED) is 0.593. The first-order valence-corrected chi connectivity index (χ1v) is 4.14. The second-order valence-corrected chi connectivity index (χ2v) is 3.27. The monoisotopic (exact) mass is 143 g/mol. The van der Waals surface area contributed by atoms with E-state index >= 15 is 0 Å². The van der Waals surface area contributed by atoms with Gasteiger partial charge in [0.2, 0.25) is 0 Å². The Bertz CT molecular complexity index is 105. The van der Waals surface area contributed by atoms with Crippen molar-refractivity contribution in [3.8, 4) is 0 Å². The second-order valence-electron chi connectivity index (χ2n) is 3.27. The van der Waals surface area contributed by atoms with Gasteiger partial charge in [0.25, 0.3) is 0 Å². The normalized spacial score (nSPS) is 36.3. The fraction of sp³-hybridized carbons (Fsp3) is 1.00. The molecule has 0 aromatic heterocycles. The van der Waals surface area contributed by atoms with Crippen LogP contribution in [0.25, 0.3) is 0 Å². The van der Waals surface area contributed by atoms with Crippen LogP contribution in [0.2, 0.25) is 0 Å². The van der Waals surface area contributed by atoms with E-state index in [0.29, 0.717) is 11.8 Å². The van der Waals surface area contributed by atoms with Crippen molar-refractivity contribution in [3.05, 3.63) is 0 Å². The first-order valence-electron chi connectivity index (χ1n) is 4.14. The Morgan fingerprint density at radius 3 is 2.70 bits per heavy atom. The molecule has 2 heteroatoms. The first-order chi connectivity index (χ1) is 4.75. The molecule has 1 rings (SSSR count). The summed E-state index contributed by atoms with van der Waals surface area (Å²) >= 11 is 0. The van der Waals surface area contributed by atoms with Crippen molar-refractivity contribution in [1.82, 2.24) is 5.32 Å². The molecule has 3 unspecified atom stereocenters. The third-order valence-electron chi connectivity index (χ3n) is 2.60. The van der Waals surface area contributed by atoms with Gasteiger partial charge in [0.1, 0.15) is 0 Å². The molecule has 60 valence electrons. The maximum absolute atomic E-state index is 9.43. The molecular weight excluding hydrogens is 126 g/mol. The number of hydrogen-bond acceptors (Lipinski definition) is 2. The van der Waals surface area contributed by atoms with Crippen LogP contribution in [0.5, 0.6) is 0 Å². The lowest BCUT2D eigenvalue weighted by Crippen LogP contribution is -2.23. The van der Waals surface area contributed by atoms with Crippen LogP contribution in [0.1, 0.15) is 20.3 Å². The van der Waals surface area contributed by atoms with Crippen LogP contribution in [0.3, 0.4) is 0 Å². The molecule has 1 aliphatic rings. The molecule has 0 aliphatic carbocycles. The van der Waals surface area contributed by atoms with Gasteiger partial charge >= 0.3 is 0 Å². The van der Waals surface area contributed by atoms with E-state index < -0.39 is 0 Å². The topological polar surface area (TPSA) is 32.3 Å². The van der Waals surface area contributed by atoms with Gasteiger partial charge in [-0.05, 0) is 5.92 Å². The fourth-order valence-corrected chi connectivity index (χ4v) is 1.57. The van der Waals surface area contributed by atoms with Crippen molar-refractivity contribution in [2.45, 2.75) is 26.4 Å². The van der Waals surface area contributed by atoms with Gasteiger partial charge in [-0.2, -0.15) is 0 Å². The van der Waals surface area contributed by atoms with Crippen molar-refractivity contribution in [3.63, 3.8) is 0 Å². The number of rotatable bonds is 2. The average molecular weight is 143 g/mol. The number of hydrogen-bond donors (Lipinski definition) is 2. The van der Waals surface area contributed by atoms with Gasteiger partial charge in [0.05, 0.1) is 6.10 Å². The van der Waals surface area contributed by atoms with E-state index in [1.807, 2.05) is 0 Å². The molecule has 1 aliphatic heterocycles. The van der Waals surface area contributed by atoms with Crippen LogP contribution in [0.4, 0.5) is 0 Å². The maximum Gasteiger partial charge on any atom is 0.0707 e. The summed E-state index contributed by atoms with van der Waals surface area (Å²) in [6.45, 7) is 6.17. The highest BCUT2D eigenvalue weighted by Gasteiger charge is 2.28. The molecule has 1 fully saturated rings. The standard InChI is InChI=1S/C8H17NO/c1-3-6(2)7-4-9-5-8(7)10/h6-10H,3-5H2,1-2H3. The van der Waals surface area contributed by atoms with Gasteiger partial charge in [-0.25, -0.2) is 0 Å². The van der Waals surface area contributed by atoms with Crippen molar-refractivity contribution in [1.29, 1.82) is 0 Å². The Labute approximate surface area is 62.6 Å². The van der Waals surface area contributed by atoms with Gasteiger partial charge in [-0.3, -0.25) is 0 Å². The predicted octanol–water partition coefficient (Wildman–Crippen LogP) is 0.613. The minimum Gasteiger partial charge on any atom is -0.391 e. The predicted molar refractivity (Wildman–Crippen MR) is 41.8 cm³/mol. The van der Waals surface area contributed by atoms with E-state index in [0.717, 1.165) is 13.1 Å². The number of nitrogens with one attached hydrogen (secondary N) is 1. The maximum atomic E-state index is 9.43. The molecule has 3 atom stereocenters.